The maximum Gasteiger partial charge on any atom is 0.422 e. The first-order valence-electron chi connectivity index (χ1n) is 6.12. The van der Waals surface area contributed by atoms with Crippen molar-refractivity contribution in [3.63, 3.8) is 0 Å². The summed E-state index contributed by atoms with van der Waals surface area (Å²) in [6.45, 7) is -4.85. The Labute approximate surface area is 126 Å². The van der Waals surface area contributed by atoms with E-state index in [2.05, 4.69) is 19.7 Å². The number of alkyl halides is 5. The molecule has 1 aromatic heterocycles. The number of rotatable bonds is 5. The van der Waals surface area contributed by atoms with E-state index in [1.807, 2.05) is 0 Å². The molecule has 0 saturated heterocycles. The molecule has 0 fully saturated rings. The minimum atomic E-state index is -4.63. The van der Waals surface area contributed by atoms with E-state index in [1.54, 1.807) is 0 Å². The first-order valence-corrected chi connectivity index (χ1v) is 6.12. The van der Waals surface area contributed by atoms with E-state index >= 15 is 0 Å². The van der Waals surface area contributed by atoms with Crippen LogP contribution >= 0.6 is 0 Å². The van der Waals surface area contributed by atoms with Crippen LogP contribution < -0.4 is 15.2 Å². The number of hydrogen-bond donors (Lipinski definition) is 1. The second-order valence-electron chi connectivity index (χ2n) is 4.29. The fourth-order valence-electron chi connectivity index (χ4n) is 1.63. The normalized spacial score (nSPS) is 11.6. The molecule has 23 heavy (non-hydrogen) atoms. The van der Waals surface area contributed by atoms with Gasteiger partial charge in [-0.1, -0.05) is 0 Å². The number of aromatic nitrogens is 2. The highest BCUT2D eigenvalue weighted by molar-refractivity contribution is 5.64. The van der Waals surface area contributed by atoms with Gasteiger partial charge >= 0.3 is 12.8 Å². The monoisotopic (exact) mass is 335 g/mol. The topological polar surface area (TPSA) is 70.3 Å². The number of nitrogens with two attached hydrogens (primary N) is 1. The Morgan fingerprint density at radius 1 is 1.04 bits per heavy atom. The highest BCUT2D eigenvalue weighted by Crippen LogP contribution is 2.34. The van der Waals surface area contributed by atoms with E-state index in [1.165, 1.54) is 18.2 Å². The fourth-order valence-corrected chi connectivity index (χ4v) is 1.63. The summed E-state index contributed by atoms with van der Waals surface area (Å²) >= 11 is 0. The summed E-state index contributed by atoms with van der Waals surface area (Å²) in [7, 11) is 0. The molecule has 0 aliphatic carbocycles. The molecule has 0 spiro atoms. The number of halogens is 5. The van der Waals surface area contributed by atoms with Gasteiger partial charge in [-0.15, -0.1) is 10.2 Å². The van der Waals surface area contributed by atoms with Crippen LogP contribution in [0.2, 0.25) is 0 Å². The number of benzene rings is 1. The zero-order valence-electron chi connectivity index (χ0n) is 11.3. The molecule has 0 radical (unpaired) electrons. The first-order chi connectivity index (χ1) is 10.7. The van der Waals surface area contributed by atoms with Crippen molar-refractivity contribution in [3.8, 4) is 22.8 Å². The van der Waals surface area contributed by atoms with Gasteiger partial charge in [0, 0.05) is 5.56 Å². The van der Waals surface area contributed by atoms with Gasteiger partial charge in [0.05, 0.1) is 5.69 Å². The number of nitrogen functional groups attached to an aromatic ring is 1. The standard InChI is InChI=1S/C13H10F5N3O2/c14-12(15)23-9-3-1-7(8-2-4-11(19)21-20-8)5-10(9)22-6-13(16,17)18/h1-5,12H,6H2,(H2,19,21). The maximum atomic E-state index is 12.3. The molecule has 124 valence electrons. The second kappa shape index (κ2) is 6.63. The van der Waals surface area contributed by atoms with E-state index in [0.29, 0.717) is 5.56 Å². The van der Waals surface area contributed by atoms with E-state index in [-0.39, 0.29) is 11.5 Å². The largest absolute Gasteiger partial charge is 0.480 e. The second-order valence-corrected chi connectivity index (χ2v) is 4.29. The van der Waals surface area contributed by atoms with Gasteiger partial charge in [0.1, 0.15) is 5.82 Å². The molecule has 0 unspecified atom stereocenters. The molecule has 0 saturated carbocycles. The highest BCUT2D eigenvalue weighted by atomic mass is 19.4. The average Bonchev–Trinajstić information content (AvgIpc) is 2.46. The zero-order valence-corrected chi connectivity index (χ0v) is 11.3. The van der Waals surface area contributed by atoms with Crippen molar-refractivity contribution in [2.45, 2.75) is 12.8 Å². The Kier molecular flexibility index (Phi) is 4.82. The van der Waals surface area contributed by atoms with Crippen molar-refractivity contribution in [1.29, 1.82) is 0 Å². The molecule has 2 aromatic rings. The van der Waals surface area contributed by atoms with Crippen molar-refractivity contribution < 1.29 is 31.4 Å². The highest BCUT2D eigenvalue weighted by Gasteiger charge is 2.29. The number of ether oxygens (including phenoxy) is 2. The molecule has 0 bridgehead atoms. The summed E-state index contributed by atoms with van der Waals surface area (Å²) in [5, 5.41) is 7.34. The number of nitrogens with zero attached hydrogens (tertiary/aromatic N) is 2. The number of hydrogen-bond acceptors (Lipinski definition) is 5. The molecule has 1 heterocycles. The van der Waals surface area contributed by atoms with Crippen LogP contribution in [-0.2, 0) is 0 Å². The molecule has 0 atom stereocenters. The number of anilines is 1. The minimum absolute atomic E-state index is 0.153. The van der Waals surface area contributed by atoms with Crippen molar-refractivity contribution in [2.24, 2.45) is 0 Å². The van der Waals surface area contributed by atoms with Gasteiger partial charge in [-0.25, -0.2) is 0 Å². The molecule has 10 heteroatoms. The van der Waals surface area contributed by atoms with Crippen LogP contribution in [-0.4, -0.2) is 29.6 Å². The van der Waals surface area contributed by atoms with Gasteiger partial charge in [-0.2, -0.15) is 22.0 Å². The molecule has 2 rings (SSSR count). The van der Waals surface area contributed by atoms with Gasteiger partial charge in [0.2, 0.25) is 0 Å². The lowest BCUT2D eigenvalue weighted by atomic mass is 10.1. The van der Waals surface area contributed by atoms with Gasteiger partial charge in [-0.05, 0) is 30.3 Å². The molecule has 2 N–H and O–H groups in total. The molecular weight excluding hydrogens is 325 g/mol. The Bertz CT molecular complexity index is 662. The predicted octanol–water partition coefficient (Wildman–Crippen LogP) is 3.27. The van der Waals surface area contributed by atoms with Crippen LogP contribution in [0.3, 0.4) is 0 Å². The summed E-state index contributed by atoms with van der Waals surface area (Å²) in [6.07, 6.45) is -4.63. The molecule has 0 aliphatic heterocycles. The summed E-state index contributed by atoms with van der Waals surface area (Å²) in [5.41, 5.74) is 5.96. The van der Waals surface area contributed by atoms with Gasteiger partial charge in [0.25, 0.3) is 0 Å². The summed E-state index contributed by atoms with van der Waals surface area (Å²) in [5.74, 6) is -0.852. The average molecular weight is 335 g/mol. The third-order valence-electron chi connectivity index (χ3n) is 2.53. The third kappa shape index (κ3) is 4.94. The van der Waals surface area contributed by atoms with E-state index in [0.717, 1.165) is 12.1 Å². The Hall–Kier alpha value is -2.65. The molecule has 5 nitrogen and oxygen atoms in total. The summed E-state index contributed by atoms with van der Waals surface area (Å²) in [4.78, 5) is 0. The lowest BCUT2D eigenvalue weighted by Crippen LogP contribution is -2.19. The molecule has 1 aromatic carbocycles. The van der Waals surface area contributed by atoms with Gasteiger partial charge in [-0.3, -0.25) is 0 Å². The maximum absolute atomic E-state index is 12.3. The molecule has 0 amide bonds. The Morgan fingerprint density at radius 3 is 2.35 bits per heavy atom. The zero-order chi connectivity index (χ0) is 17.0. The van der Waals surface area contributed by atoms with Crippen LogP contribution in [0.5, 0.6) is 11.5 Å². The fraction of sp³-hybridized carbons (Fsp3) is 0.231. The van der Waals surface area contributed by atoms with Crippen LogP contribution in [0.25, 0.3) is 11.3 Å². The van der Waals surface area contributed by atoms with E-state index in [4.69, 9.17) is 5.73 Å². The first kappa shape index (κ1) is 16.7. The van der Waals surface area contributed by atoms with Gasteiger partial charge in [0.15, 0.2) is 18.1 Å². The lowest BCUT2D eigenvalue weighted by molar-refractivity contribution is -0.154. The Morgan fingerprint density at radius 2 is 1.78 bits per heavy atom. The smallest absolute Gasteiger partial charge is 0.422 e. The molecular formula is C13H10F5N3O2. The minimum Gasteiger partial charge on any atom is -0.480 e. The van der Waals surface area contributed by atoms with Crippen molar-refractivity contribution in [3.05, 3.63) is 30.3 Å². The Balaban J connectivity index is 2.33. The van der Waals surface area contributed by atoms with Crippen molar-refractivity contribution in [2.75, 3.05) is 12.3 Å². The van der Waals surface area contributed by atoms with Crippen molar-refractivity contribution >= 4 is 5.82 Å². The van der Waals surface area contributed by atoms with E-state index < -0.39 is 30.9 Å². The van der Waals surface area contributed by atoms with Crippen LogP contribution in [0, 0.1) is 0 Å². The summed E-state index contributed by atoms with van der Waals surface area (Å²) in [6, 6.07) is 6.40. The quantitative estimate of drug-likeness (QED) is 0.849. The van der Waals surface area contributed by atoms with Gasteiger partial charge < -0.3 is 15.2 Å². The van der Waals surface area contributed by atoms with E-state index in [9.17, 15) is 22.0 Å². The van der Waals surface area contributed by atoms with Crippen LogP contribution in [0.15, 0.2) is 30.3 Å². The SMILES string of the molecule is Nc1ccc(-c2ccc(OC(F)F)c(OCC(F)(F)F)c2)nn1. The van der Waals surface area contributed by atoms with Crippen LogP contribution in [0.4, 0.5) is 27.8 Å². The third-order valence-corrected chi connectivity index (χ3v) is 2.53. The molecule has 0 aliphatic rings. The van der Waals surface area contributed by atoms with Crippen LogP contribution in [0.1, 0.15) is 0 Å². The summed E-state index contributed by atoms with van der Waals surface area (Å²) < 4.78 is 70.0. The van der Waals surface area contributed by atoms with Crippen molar-refractivity contribution in [1.82, 2.24) is 10.2 Å². The lowest BCUT2D eigenvalue weighted by Gasteiger charge is -2.14. The predicted molar refractivity (Wildman–Crippen MR) is 70.1 cm³/mol.